The van der Waals surface area contributed by atoms with E-state index in [1.165, 1.54) is 180 Å². The standard InChI is InChI=1S/2C42H25NS2/c1-2-12-31(13-3-1)43-36-16-7-6-15-33(36)42-41(43)35-21-18-30(25-39(35)45-42)28-11-8-10-27(23-28)29-17-20-34-38(24-29)44-37-22-19-26-9-4-5-14-32(26)40(34)37;1-2-13-32(14-3-1)43-37-16-7-6-15-34(37)42-41(43)35-20-18-31(25-39(35)45-42)27-12-8-11-26(21-27)30-17-19-33-36-22-28-9-4-5-10-29(28)23-40(36)44-38(33)24-30/h2*1-25H. The highest BCUT2D eigenvalue weighted by molar-refractivity contribution is 7.27. The molecule has 20 rings (SSSR count). The molecular weight excluding hydrogens is 1170 g/mol. The van der Waals surface area contributed by atoms with Crippen LogP contribution in [0.5, 0.6) is 0 Å². The van der Waals surface area contributed by atoms with Gasteiger partial charge in [-0.15, -0.1) is 45.3 Å². The van der Waals surface area contributed by atoms with Crippen LogP contribution in [0, 0.1) is 0 Å². The normalized spacial score (nSPS) is 12.0. The van der Waals surface area contributed by atoms with Gasteiger partial charge in [-0.3, -0.25) is 0 Å². The molecule has 90 heavy (non-hydrogen) atoms. The summed E-state index contributed by atoms with van der Waals surface area (Å²) in [5.41, 5.74) is 17.5. The van der Waals surface area contributed by atoms with Crippen LogP contribution >= 0.6 is 45.3 Å². The maximum atomic E-state index is 2.43. The van der Waals surface area contributed by atoms with Gasteiger partial charge in [0.05, 0.1) is 31.5 Å². The third-order valence-corrected chi connectivity index (χ3v) is 22.9. The Morgan fingerprint density at radius 3 is 1.12 bits per heavy atom. The predicted molar refractivity (Wildman–Crippen MR) is 395 cm³/mol. The molecule has 14 aromatic carbocycles. The van der Waals surface area contributed by atoms with Gasteiger partial charge in [-0.2, -0.15) is 0 Å². The van der Waals surface area contributed by atoms with Gasteiger partial charge in [0, 0.05) is 82.7 Å². The van der Waals surface area contributed by atoms with E-state index in [2.05, 4.69) is 312 Å². The summed E-state index contributed by atoms with van der Waals surface area (Å²) in [6.07, 6.45) is 0. The highest BCUT2D eigenvalue weighted by Crippen LogP contribution is 2.47. The molecule has 2 nitrogen and oxygen atoms in total. The van der Waals surface area contributed by atoms with E-state index in [1.54, 1.807) is 0 Å². The first-order valence-corrected chi connectivity index (χ1v) is 33.8. The third kappa shape index (κ3) is 8.26. The van der Waals surface area contributed by atoms with Crippen molar-refractivity contribution >= 4 is 170 Å². The molecule has 0 atom stereocenters. The van der Waals surface area contributed by atoms with Crippen LogP contribution in [0.1, 0.15) is 0 Å². The molecule has 0 radical (unpaired) electrons. The summed E-state index contributed by atoms with van der Waals surface area (Å²) in [7, 11) is 0. The minimum atomic E-state index is 1.20. The lowest BCUT2D eigenvalue weighted by Crippen LogP contribution is -1.92. The number of hydrogen-bond donors (Lipinski definition) is 0. The van der Waals surface area contributed by atoms with Gasteiger partial charge in [-0.25, -0.2) is 0 Å². The average molecular weight is 1220 g/mol. The largest absolute Gasteiger partial charge is 0.308 e. The Bertz CT molecular complexity index is 6280. The molecule has 20 aromatic rings. The summed E-state index contributed by atoms with van der Waals surface area (Å²) in [6.45, 7) is 0. The van der Waals surface area contributed by atoms with Gasteiger partial charge in [0.25, 0.3) is 0 Å². The number of benzene rings is 14. The van der Waals surface area contributed by atoms with Gasteiger partial charge < -0.3 is 9.13 Å². The van der Waals surface area contributed by atoms with E-state index in [1.807, 2.05) is 45.3 Å². The van der Waals surface area contributed by atoms with Gasteiger partial charge in [-0.1, -0.05) is 212 Å². The predicted octanol–water partition coefficient (Wildman–Crippen LogP) is 25.7. The Hall–Kier alpha value is -10.4. The van der Waals surface area contributed by atoms with Crippen molar-refractivity contribution < 1.29 is 0 Å². The van der Waals surface area contributed by atoms with E-state index in [0.717, 1.165) is 0 Å². The molecule has 0 fully saturated rings. The monoisotopic (exact) mass is 1210 g/mol. The van der Waals surface area contributed by atoms with Crippen LogP contribution in [0.15, 0.2) is 303 Å². The molecule has 0 saturated carbocycles. The van der Waals surface area contributed by atoms with Gasteiger partial charge in [-0.05, 0) is 157 Å². The first kappa shape index (κ1) is 51.6. The molecule has 0 spiro atoms. The first-order valence-electron chi connectivity index (χ1n) is 30.5. The van der Waals surface area contributed by atoms with Gasteiger partial charge in [0.2, 0.25) is 0 Å². The zero-order chi connectivity index (χ0) is 59.0. The van der Waals surface area contributed by atoms with Crippen LogP contribution in [0.4, 0.5) is 0 Å². The topological polar surface area (TPSA) is 9.86 Å². The average Bonchev–Trinajstić information content (AvgIpc) is 1.87. The smallest absolute Gasteiger partial charge is 0.0727 e. The third-order valence-electron chi connectivity index (χ3n) is 18.3. The Balaban J connectivity index is 0.000000130. The number of hydrogen-bond acceptors (Lipinski definition) is 4. The molecule has 0 amide bonds. The SMILES string of the molecule is c1ccc(-n2c3ccccc3c3sc4cc(-c5cccc(-c6ccc7c(c6)sc6cc8ccccc8cc67)c5)ccc4c32)cc1.c1ccc(-n2c3ccccc3c3sc4cc(-c5cccc(-c6ccc7c(c6)sc6ccc8ccccc8c67)c5)ccc4c32)cc1. The van der Waals surface area contributed by atoms with E-state index in [-0.39, 0.29) is 0 Å². The van der Waals surface area contributed by atoms with Crippen molar-refractivity contribution in [3.63, 3.8) is 0 Å². The van der Waals surface area contributed by atoms with E-state index in [0.29, 0.717) is 0 Å². The zero-order valence-electron chi connectivity index (χ0n) is 48.4. The van der Waals surface area contributed by atoms with Crippen molar-refractivity contribution in [2.75, 3.05) is 0 Å². The van der Waals surface area contributed by atoms with Crippen LogP contribution in [0.25, 0.3) is 180 Å². The quantitative estimate of drug-likeness (QED) is 0.157. The summed E-state index contributed by atoms with van der Waals surface area (Å²) < 4.78 is 15.5. The van der Waals surface area contributed by atoms with Crippen molar-refractivity contribution in [1.29, 1.82) is 0 Å². The van der Waals surface area contributed by atoms with Crippen LogP contribution in [0.2, 0.25) is 0 Å². The molecule has 0 saturated heterocycles. The lowest BCUT2D eigenvalue weighted by molar-refractivity contribution is 1.19. The highest BCUT2D eigenvalue weighted by Gasteiger charge is 2.21. The molecule has 6 aromatic heterocycles. The molecule has 0 aliphatic rings. The second kappa shape index (κ2) is 20.6. The summed E-state index contributed by atoms with van der Waals surface area (Å²) >= 11 is 7.58. The zero-order valence-corrected chi connectivity index (χ0v) is 51.7. The fraction of sp³-hybridized carbons (Fsp3) is 0. The van der Waals surface area contributed by atoms with Crippen molar-refractivity contribution in [3.8, 4) is 55.9 Å². The fourth-order valence-corrected chi connectivity index (χ4v) is 19.0. The maximum absolute atomic E-state index is 2.43. The van der Waals surface area contributed by atoms with Crippen LogP contribution < -0.4 is 0 Å². The Morgan fingerprint density at radius 1 is 0.200 bits per heavy atom. The number of aromatic nitrogens is 2. The van der Waals surface area contributed by atoms with Crippen molar-refractivity contribution in [2.45, 2.75) is 0 Å². The molecule has 6 heterocycles. The summed E-state index contributed by atoms with van der Waals surface area (Å²) in [5, 5.41) is 15.9. The van der Waals surface area contributed by atoms with E-state index < -0.39 is 0 Å². The summed E-state index contributed by atoms with van der Waals surface area (Å²) in [6, 6.07) is 112. The Morgan fingerprint density at radius 2 is 0.589 bits per heavy atom. The van der Waals surface area contributed by atoms with Crippen LogP contribution in [0.3, 0.4) is 0 Å². The van der Waals surface area contributed by atoms with Crippen LogP contribution in [-0.4, -0.2) is 9.13 Å². The Kier molecular flexibility index (Phi) is 11.8. The van der Waals surface area contributed by atoms with E-state index >= 15 is 0 Å². The highest BCUT2D eigenvalue weighted by atomic mass is 32.1. The number of thiophene rings is 4. The van der Waals surface area contributed by atoms with Crippen molar-refractivity contribution in [3.05, 3.63) is 303 Å². The second-order valence-electron chi connectivity index (χ2n) is 23.5. The van der Waals surface area contributed by atoms with Gasteiger partial charge in [0.15, 0.2) is 0 Å². The Labute approximate surface area is 533 Å². The number of fused-ring (bicyclic) bond motifs is 19. The molecule has 420 valence electrons. The minimum Gasteiger partial charge on any atom is -0.308 e. The molecule has 6 heteroatoms. The van der Waals surface area contributed by atoms with Gasteiger partial charge >= 0.3 is 0 Å². The molecule has 0 aliphatic heterocycles. The van der Waals surface area contributed by atoms with Gasteiger partial charge in [0.1, 0.15) is 0 Å². The summed E-state index contributed by atoms with van der Waals surface area (Å²) in [5.74, 6) is 0. The molecular formula is C84H50N2S4. The summed E-state index contributed by atoms with van der Waals surface area (Å²) in [4.78, 5) is 0. The van der Waals surface area contributed by atoms with E-state index in [4.69, 9.17) is 0 Å². The van der Waals surface area contributed by atoms with E-state index in [9.17, 15) is 0 Å². The number of para-hydroxylation sites is 4. The first-order chi connectivity index (χ1) is 44.6. The lowest BCUT2D eigenvalue weighted by atomic mass is 9.97. The van der Waals surface area contributed by atoms with Crippen molar-refractivity contribution in [2.24, 2.45) is 0 Å². The minimum absolute atomic E-state index is 1.20. The number of nitrogens with zero attached hydrogens (tertiary/aromatic N) is 2. The molecule has 0 bridgehead atoms. The molecule has 0 unspecified atom stereocenters. The lowest BCUT2D eigenvalue weighted by Gasteiger charge is -2.09. The molecule has 0 N–H and O–H groups in total. The van der Waals surface area contributed by atoms with Crippen LogP contribution in [-0.2, 0) is 0 Å². The fourth-order valence-electron chi connectivity index (χ4n) is 14.1. The number of rotatable bonds is 6. The van der Waals surface area contributed by atoms with Crippen molar-refractivity contribution in [1.82, 2.24) is 9.13 Å². The molecule has 0 aliphatic carbocycles. The maximum Gasteiger partial charge on any atom is 0.0727 e. The second-order valence-corrected chi connectivity index (χ2v) is 27.8.